The van der Waals surface area contributed by atoms with Gasteiger partial charge in [-0.3, -0.25) is 4.40 Å². The number of imidazole rings is 1. The van der Waals surface area contributed by atoms with Crippen LogP contribution in [0.5, 0.6) is 0 Å². The Labute approximate surface area is 85.9 Å². The van der Waals surface area contributed by atoms with Crippen LogP contribution < -0.4 is 0 Å². The predicted molar refractivity (Wildman–Crippen MR) is 55.6 cm³/mol. The average Bonchev–Trinajstić information content (AvgIpc) is 2.31. The lowest BCUT2D eigenvalue weighted by atomic mass is 10.5. The van der Waals surface area contributed by atoms with Gasteiger partial charge >= 0.3 is 0 Å². The second-order valence-corrected chi connectivity index (χ2v) is 4.06. The molecule has 2 heterocycles. The van der Waals surface area contributed by atoms with Crippen molar-refractivity contribution >= 4 is 44.2 Å². The summed E-state index contributed by atoms with van der Waals surface area (Å²) in [5.74, 6) is 0. The highest BCUT2D eigenvalue weighted by molar-refractivity contribution is 14.1. The molecule has 0 aliphatic rings. The third kappa shape index (κ3) is 1.29. The summed E-state index contributed by atoms with van der Waals surface area (Å²) in [6.45, 7) is 0. The van der Waals surface area contributed by atoms with Gasteiger partial charge in [0.05, 0.1) is 3.70 Å². The second-order valence-electron chi connectivity index (χ2n) is 2.14. The minimum absolute atomic E-state index is 0.876. The van der Waals surface area contributed by atoms with E-state index >= 15 is 0 Å². The molecule has 56 valence electrons. The van der Waals surface area contributed by atoms with Gasteiger partial charge in [0.1, 0.15) is 10.3 Å². The molecule has 0 radical (unpaired) electrons. The first-order valence-electron chi connectivity index (χ1n) is 3.06. The number of fused-ring (bicyclic) bond motifs is 1. The van der Waals surface area contributed by atoms with Crippen LogP contribution in [-0.4, -0.2) is 9.38 Å². The Bertz CT molecular complexity index is 396. The zero-order valence-corrected chi connectivity index (χ0v) is 9.20. The number of nitrogens with zero attached hydrogens (tertiary/aromatic N) is 2. The van der Waals surface area contributed by atoms with Gasteiger partial charge in [-0.05, 0) is 50.7 Å². The fourth-order valence-electron chi connectivity index (χ4n) is 0.947. The first kappa shape index (κ1) is 7.54. The maximum atomic E-state index is 4.25. The largest absolute Gasteiger partial charge is 0.293 e. The van der Waals surface area contributed by atoms with E-state index in [9.17, 15) is 0 Å². The molecule has 2 aromatic heterocycles. The maximum absolute atomic E-state index is 4.25. The van der Waals surface area contributed by atoms with Crippen molar-refractivity contribution in [1.82, 2.24) is 9.38 Å². The van der Waals surface area contributed by atoms with Crippen LogP contribution in [0.2, 0.25) is 0 Å². The molecule has 0 atom stereocenters. The fraction of sp³-hybridized carbons (Fsp3) is 0. The molecule has 0 N–H and O–H groups in total. The van der Waals surface area contributed by atoms with Crippen LogP contribution in [0.1, 0.15) is 0 Å². The second kappa shape index (κ2) is 2.75. The first-order chi connectivity index (χ1) is 5.27. The Morgan fingerprint density at radius 1 is 1.45 bits per heavy atom. The fourth-order valence-corrected chi connectivity index (χ4v) is 1.93. The lowest BCUT2D eigenvalue weighted by Gasteiger charge is -1.93. The van der Waals surface area contributed by atoms with E-state index in [0.29, 0.717) is 0 Å². The van der Waals surface area contributed by atoms with Gasteiger partial charge in [0.2, 0.25) is 0 Å². The normalized spacial score (nSPS) is 10.7. The van der Waals surface area contributed by atoms with E-state index in [2.05, 4.69) is 43.5 Å². The van der Waals surface area contributed by atoms with Crippen LogP contribution in [0, 0.1) is 3.70 Å². The molecule has 0 saturated carbocycles. The van der Waals surface area contributed by atoms with E-state index < -0.39 is 0 Å². The lowest BCUT2D eigenvalue weighted by molar-refractivity contribution is 1.14. The predicted octanol–water partition coefficient (Wildman–Crippen LogP) is 2.70. The van der Waals surface area contributed by atoms with Crippen molar-refractivity contribution in [1.29, 1.82) is 0 Å². The van der Waals surface area contributed by atoms with Gasteiger partial charge in [0.25, 0.3) is 0 Å². The van der Waals surface area contributed by atoms with Crippen molar-refractivity contribution < 1.29 is 0 Å². The summed E-state index contributed by atoms with van der Waals surface area (Å²) in [5, 5.41) is 0. The van der Waals surface area contributed by atoms with Gasteiger partial charge in [0.15, 0.2) is 0 Å². The monoisotopic (exact) mass is 322 g/mol. The van der Waals surface area contributed by atoms with Gasteiger partial charge in [-0.1, -0.05) is 6.07 Å². The molecule has 2 aromatic rings. The van der Waals surface area contributed by atoms with Gasteiger partial charge in [-0.2, -0.15) is 0 Å². The molecule has 0 aromatic carbocycles. The van der Waals surface area contributed by atoms with Crippen molar-refractivity contribution in [2.45, 2.75) is 0 Å². The Hall–Kier alpha value is -0.100. The molecule has 0 aliphatic heterocycles. The standard InChI is InChI=1S/C7H4BrIN2/c8-5-4-11-6(9)2-1-3-7(11)10-5/h1-4H. The van der Waals surface area contributed by atoms with Crippen LogP contribution in [0.3, 0.4) is 0 Å². The summed E-state index contributed by atoms with van der Waals surface area (Å²) < 4.78 is 4.07. The highest BCUT2D eigenvalue weighted by atomic mass is 127. The van der Waals surface area contributed by atoms with Crippen molar-refractivity contribution in [2.24, 2.45) is 0 Å². The number of hydrogen-bond acceptors (Lipinski definition) is 1. The van der Waals surface area contributed by atoms with Gasteiger partial charge in [-0.15, -0.1) is 0 Å². The van der Waals surface area contributed by atoms with Crippen LogP contribution in [0.25, 0.3) is 5.65 Å². The summed E-state index contributed by atoms with van der Waals surface area (Å²) in [4.78, 5) is 4.25. The van der Waals surface area contributed by atoms with Crippen LogP contribution in [0.4, 0.5) is 0 Å². The molecule has 0 bridgehead atoms. The molecule has 0 spiro atoms. The van der Waals surface area contributed by atoms with Gasteiger partial charge in [0, 0.05) is 6.20 Å². The van der Waals surface area contributed by atoms with Crippen LogP contribution in [-0.2, 0) is 0 Å². The number of hydrogen-bond donors (Lipinski definition) is 0. The van der Waals surface area contributed by atoms with Crippen molar-refractivity contribution in [3.05, 3.63) is 32.7 Å². The van der Waals surface area contributed by atoms with Gasteiger partial charge < -0.3 is 0 Å². The van der Waals surface area contributed by atoms with E-state index in [-0.39, 0.29) is 0 Å². The molecule has 2 rings (SSSR count). The molecule has 2 nitrogen and oxygen atoms in total. The Morgan fingerprint density at radius 2 is 2.27 bits per heavy atom. The van der Waals surface area contributed by atoms with E-state index in [1.165, 1.54) is 3.70 Å². The number of halogens is 2. The molecule has 0 amide bonds. The molecule has 0 unspecified atom stereocenters. The van der Waals surface area contributed by atoms with Crippen molar-refractivity contribution in [3.63, 3.8) is 0 Å². The zero-order chi connectivity index (χ0) is 7.84. The van der Waals surface area contributed by atoms with E-state index in [1.807, 2.05) is 28.8 Å². The highest BCUT2D eigenvalue weighted by Crippen LogP contribution is 2.13. The molecular weight excluding hydrogens is 319 g/mol. The molecule has 4 heteroatoms. The topological polar surface area (TPSA) is 17.3 Å². The summed E-state index contributed by atoms with van der Waals surface area (Å²) in [6.07, 6.45) is 1.96. The lowest BCUT2D eigenvalue weighted by Crippen LogP contribution is -1.86. The van der Waals surface area contributed by atoms with E-state index in [1.54, 1.807) is 0 Å². The summed E-state index contributed by atoms with van der Waals surface area (Å²) >= 11 is 5.60. The van der Waals surface area contributed by atoms with Crippen LogP contribution >= 0.6 is 38.5 Å². The SMILES string of the molecule is Brc1cn2c(I)cccc2n1. The summed E-state index contributed by atoms with van der Waals surface area (Å²) in [7, 11) is 0. The molecule has 0 fully saturated rings. The average molecular weight is 323 g/mol. The van der Waals surface area contributed by atoms with Crippen molar-refractivity contribution in [2.75, 3.05) is 0 Å². The Balaban J connectivity index is 2.90. The van der Waals surface area contributed by atoms with E-state index in [0.717, 1.165) is 10.3 Å². The smallest absolute Gasteiger partial charge is 0.138 e. The molecule has 0 saturated heterocycles. The van der Waals surface area contributed by atoms with Gasteiger partial charge in [-0.25, -0.2) is 4.98 Å². The zero-order valence-electron chi connectivity index (χ0n) is 5.46. The Kier molecular flexibility index (Phi) is 1.88. The summed E-state index contributed by atoms with van der Waals surface area (Å²) in [6, 6.07) is 6.02. The number of rotatable bonds is 0. The number of pyridine rings is 1. The van der Waals surface area contributed by atoms with Crippen LogP contribution in [0.15, 0.2) is 29.0 Å². The molecule has 0 aliphatic carbocycles. The quantitative estimate of drug-likeness (QED) is 0.538. The highest BCUT2D eigenvalue weighted by Gasteiger charge is 1.99. The Morgan fingerprint density at radius 3 is 3.00 bits per heavy atom. The minimum Gasteiger partial charge on any atom is -0.293 e. The number of aromatic nitrogens is 2. The third-order valence-corrected chi connectivity index (χ3v) is 2.67. The molecular formula is C7H4BrIN2. The van der Waals surface area contributed by atoms with Crippen molar-refractivity contribution in [3.8, 4) is 0 Å². The maximum Gasteiger partial charge on any atom is 0.138 e. The molecule has 11 heavy (non-hydrogen) atoms. The van der Waals surface area contributed by atoms with E-state index in [4.69, 9.17) is 0 Å². The first-order valence-corrected chi connectivity index (χ1v) is 4.94. The minimum atomic E-state index is 0.876. The third-order valence-electron chi connectivity index (χ3n) is 1.41. The summed E-state index contributed by atoms with van der Waals surface area (Å²) in [5.41, 5.74) is 0.976.